The van der Waals surface area contributed by atoms with E-state index in [0.29, 0.717) is 22.3 Å². The van der Waals surface area contributed by atoms with Crippen molar-refractivity contribution >= 4 is 38.4 Å². The summed E-state index contributed by atoms with van der Waals surface area (Å²) in [4.78, 5) is 8.90. The summed E-state index contributed by atoms with van der Waals surface area (Å²) in [5.74, 6) is -0.371. The van der Waals surface area contributed by atoms with Gasteiger partial charge in [0, 0.05) is 5.69 Å². The molecule has 0 aliphatic heterocycles. The fraction of sp³-hybridized carbons (Fsp3) is 0.0909. The molecule has 0 bridgehead atoms. The van der Waals surface area contributed by atoms with Gasteiger partial charge in [-0.25, -0.2) is 17.8 Å². The van der Waals surface area contributed by atoms with E-state index < -0.39 is 10.0 Å². The number of aromatic nitrogens is 2. The van der Waals surface area contributed by atoms with Crippen LogP contribution in [0.15, 0.2) is 71.6 Å². The molecule has 30 heavy (non-hydrogen) atoms. The summed E-state index contributed by atoms with van der Waals surface area (Å²) in [7, 11) is -4.03. The van der Waals surface area contributed by atoms with Gasteiger partial charge in [0.25, 0.3) is 0 Å². The number of nitrogens with one attached hydrogen (secondary N) is 1. The maximum absolute atomic E-state index is 14.0. The molecule has 1 N–H and O–H groups in total. The van der Waals surface area contributed by atoms with Crippen LogP contribution in [0, 0.1) is 19.7 Å². The molecule has 0 saturated heterocycles. The Morgan fingerprint density at radius 2 is 1.63 bits per heavy atom. The number of sulfonamides is 1. The van der Waals surface area contributed by atoms with Gasteiger partial charge in [0.05, 0.1) is 10.4 Å². The Morgan fingerprint density at radius 1 is 0.900 bits per heavy atom. The van der Waals surface area contributed by atoms with Crippen LogP contribution in [0.25, 0.3) is 15.8 Å². The molecule has 4 aromatic rings. The molecule has 6 nitrogen and oxygen atoms in total. The van der Waals surface area contributed by atoms with Crippen LogP contribution in [0.2, 0.25) is 0 Å². The van der Waals surface area contributed by atoms with Gasteiger partial charge in [0.15, 0.2) is 0 Å². The van der Waals surface area contributed by atoms with Crippen LogP contribution in [-0.2, 0) is 10.0 Å². The maximum Gasteiger partial charge on any atom is 0.202 e. The van der Waals surface area contributed by atoms with Crippen molar-refractivity contribution in [3.63, 3.8) is 0 Å². The lowest BCUT2D eigenvalue weighted by molar-refractivity contribution is 0.603. The van der Waals surface area contributed by atoms with Crippen molar-refractivity contribution in [3.05, 3.63) is 88.4 Å². The molecule has 0 fully saturated rings. The lowest BCUT2D eigenvalue weighted by Crippen LogP contribution is -2.03. The van der Waals surface area contributed by atoms with Gasteiger partial charge in [0.2, 0.25) is 10.0 Å². The van der Waals surface area contributed by atoms with Gasteiger partial charge in [-0.05, 0) is 66.6 Å². The van der Waals surface area contributed by atoms with Crippen molar-refractivity contribution in [3.8, 4) is 0 Å². The standard InChI is InChI=1S/C22H18FN4O2S/c1-14-6-5-7-17(12-14)30(28,29)27-22-21(24-16-11-10-15(2)18(23)13-16)25-19-8-3-4-9-20(19)26-22/h3-13H,1-2H3,(H-,24,25,26,27)/q-1. The SMILES string of the molecule is Cc1cccc(S(=O)(=O)[N-]c2nc3ccccc3nc2Nc2ccc(C)c(F)c2)c1. The minimum Gasteiger partial charge on any atom is -0.431 e. The summed E-state index contributed by atoms with van der Waals surface area (Å²) in [5.41, 5.74) is 2.75. The highest BCUT2D eigenvalue weighted by Gasteiger charge is 2.13. The largest absolute Gasteiger partial charge is 0.431 e. The molecule has 4 rings (SSSR count). The number of fused-ring (bicyclic) bond motifs is 1. The van der Waals surface area contributed by atoms with Crippen molar-refractivity contribution in [1.82, 2.24) is 9.97 Å². The molecule has 1 heterocycles. The first-order valence-corrected chi connectivity index (χ1v) is 10.6. The van der Waals surface area contributed by atoms with Gasteiger partial charge < -0.3 is 15.0 Å². The summed E-state index contributed by atoms with van der Waals surface area (Å²) < 4.78 is 43.6. The summed E-state index contributed by atoms with van der Waals surface area (Å²) in [6.07, 6.45) is 0. The van der Waals surface area contributed by atoms with Crippen LogP contribution in [0.1, 0.15) is 11.1 Å². The first-order chi connectivity index (χ1) is 14.3. The maximum atomic E-state index is 14.0. The summed E-state index contributed by atoms with van der Waals surface area (Å²) in [6.45, 7) is 3.46. The number of rotatable bonds is 5. The minimum atomic E-state index is -4.03. The van der Waals surface area contributed by atoms with E-state index in [1.54, 1.807) is 62.4 Å². The van der Waals surface area contributed by atoms with Gasteiger partial charge in [-0.3, -0.25) is 0 Å². The summed E-state index contributed by atoms with van der Waals surface area (Å²) in [6, 6.07) is 18.1. The molecule has 0 atom stereocenters. The number of aryl methyl sites for hydroxylation is 2. The van der Waals surface area contributed by atoms with E-state index in [2.05, 4.69) is 20.0 Å². The Morgan fingerprint density at radius 3 is 2.33 bits per heavy atom. The van der Waals surface area contributed by atoms with Crippen LogP contribution < -0.4 is 5.32 Å². The third kappa shape index (κ3) is 4.08. The van der Waals surface area contributed by atoms with E-state index in [1.165, 1.54) is 18.2 Å². The highest BCUT2D eigenvalue weighted by atomic mass is 32.2. The monoisotopic (exact) mass is 421 g/mol. The molecule has 0 saturated carbocycles. The summed E-state index contributed by atoms with van der Waals surface area (Å²) in [5, 5.41) is 2.95. The van der Waals surface area contributed by atoms with E-state index in [9.17, 15) is 12.8 Å². The number of hydrogen-bond donors (Lipinski definition) is 1. The molecule has 0 spiro atoms. The first kappa shape index (κ1) is 19.8. The molecule has 0 unspecified atom stereocenters. The van der Waals surface area contributed by atoms with E-state index in [1.807, 2.05) is 0 Å². The van der Waals surface area contributed by atoms with Gasteiger partial charge in [-0.15, -0.1) is 0 Å². The van der Waals surface area contributed by atoms with E-state index in [-0.39, 0.29) is 22.3 Å². The van der Waals surface area contributed by atoms with Crippen molar-refractivity contribution in [2.24, 2.45) is 0 Å². The number of halogens is 1. The van der Waals surface area contributed by atoms with Crippen molar-refractivity contribution < 1.29 is 12.8 Å². The predicted octanol–water partition coefficient (Wildman–Crippen LogP) is 5.52. The Labute approximate surface area is 173 Å². The fourth-order valence-electron chi connectivity index (χ4n) is 2.89. The Hall–Kier alpha value is -3.52. The predicted molar refractivity (Wildman–Crippen MR) is 115 cm³/mol. The Bertz CT molecular complexity index is 1360. The quantitative estimate of drug-likeness (QED) is 0.458. The molecule has 3 aromatic carbocycles. The molecular formula is C22H18FN4O2S-. The van der Waals surface area contributed by atoms with E-state index >= 15 is 0 Å². The third-order valence-electron chi connectivity index (χ3n) is 4.48. The van der Waals surface area contributed by atoms with E-state index in [4.69, 9.17) is 0 Å². The number of hydrogen-bond acceptors (Lipinski definition) is 5. The molecule has 0 aliphatic carbocycles. The number of anilines is 2. The number of nitrogens with zero attached hydrogens (tertiary/aromatic N) is 3. The van der Waals surface area contributed by atoms with Crippen LogP contribution >= 0.6 is 0 Å². The Kier molecular flexibility index (Phi) is 5.09. The van der Waals surface area contributed by atoms with Crippen molar-refractivity contribution in [2.45, 2.75) is 18.7 Å². The van der Waals surface area contributed by atoms with Crippen LogP contribution in [0.5, 0.6) is 0 Å². The zero-order valence-electron chi connectivity index (χ0n) is 16.3. The lowest BCUT2D eigenvalue weighted by atomic mass is 10.2. The topological polar surface area (TPSA) is 86.1 Å². The van der Waals surface area contributed by atoms with Gasteiger partial charge >= 0.3 is 0 Å². The molecule has 152 valence electrons. The highest BCUT2D eigenvalue weighted by molar-refractivity contribution is 7.94. The summed E-state index contributed by atoms with van der Waals surface area (Å²) >= 11 is 0. The van der Waals surface area contributed by atoms with Crippen molar-refractivity contribution in [1.29, 1.82) is 0 Å². The first-order valence-electron chi connectivity index (χ1n) is 9.16. The third-order valence-corrected chi connectivity index (χ3v) is 5.74. The molecule has 0 amide bonds. The average molecular weight is 421 g/mol. The average Bonchev–Trinajstić information content (AvgIpc) is 2.71. The molecule has 8 heteroatoms. The fourth-order valence-corrected chi connectivity index (χ4v) is 3.93. The van der Waals surface area contributed by atoms with Gasteiger partial charge in [0.1, 0.15) is 11.6 Å². The second kappa shape index (κ2) is 7.72. The zero-order valence-corrected chi connectivity index (χ0v) is 17.1. The van der Waals surface area contributed by atoms with Crippen LogP contribution in [0.3, 0.4) is 0 Å². The molecule has 0 aliphatic rings. The second-order valence-corrected chi connectivity index (χ2v) is 8.46. The molecule has 1 aromatic heterocycles. The Balaban J connectivity index is 1.79. The highest BCUT2D eigenvalue weighted by Crippen LogP contribution is 2.35. The molecule has 0 radical (unpaired) electrons. The van der Waals surface area contributed by atoms with Gasteiger partial charge in [-0.2, -0.15) is 0 Å². The second-order valence-electron chi connectivity index (χ2n) is 6.86. The molecular weight excluding hydrogens is 403 g/mol. The van der Waals surface area contributed by atoms with Crippen LogP contribution in [0.4, 0.5) is 21.7 Å². The van der Waals surface area contributed by atoms with Crippen LogP contribution in [-0.4, -0.2) is 18.4 Å². The zero-order chi connectivity index (χ0) is 21.3. The van der Waals surface area contributed by atoms with Crippen molar-refractivity contribution in [2.75, 3.05) is 5.32 Å². The lowest BCUT2D eigenvalue weighted by Gasteiger charge is -2.21. The number of para-hydroxylation sites is 2. The smallest absolute Gasteiger partial charge is 0.202 e. The minimum absolute atomic E-state index is 0.0600. The normalized spacial score (nSPS) is 11.4. The van der Waals surface area contributed by atoms with Gasteiger partial charge in [-0.1, -0.05) is 36.4 Å². The van der Waals surface area contributed by atoms with E-state index in [0.717, 1.165) is 5.56 Å². The number of benzene rings is 3.